The molecule has 1 heterocycles. The fourth-order valence-corrected chi connectivity index (χ4v) is 3.52. The molecule has 0 bridgehead atoms. The van der Waals surface area contributed by atoms with Crippen LogP contribution < -0.4 is 10.6 Å². The molecule has 1 aliphatic rings. The van der Waals surface area contributed by atoms with Crippen LogP contribution in [-0.2, 0) is 0 Å². The molecule has 2 aromatic rings. The number of carbonyl (C=O) groups excluding carboxylic acids is 1. The summed E-state index contributed by atoms with van der Waals surface area (Å²) >= 11 is 0. The van der Waals surface area contributed by atoms with Crippen molar-refractivity contribution in [3.63, 3.8) is 0 Å². The van der Waals surface area contributed by atoms with Crippen molar-refractivity contribution in [3.05, 3.63) is 48.0 Å². The molecule has 0 saturated carbocycles. The summed E-state index contributed by atoms with van der Waals surface area (Å²) in [5, 5.41) is 18.3. The van der Waals surface area contributed by atoms with Gasteiger partial charge in [0.1, 0.15) is 0 Å². The van der Waals surface area contributed by atoms with Crippen molar-refractivity contribution < 1.29 is 9.90 Å². The molecule has 1 atom stereocenters. The smallest absolute Gasteiger partial charge is 0.314 e. The Balaban J connectivity index is 1.48. The van der Waals surface area contributed by atoms with Gasteiger partial charge >= 0.3 is 6.03 Å². The van der Waals surface area contributed by atoms with Gasteiger partial charge in [0.2, 0.25) is 0 Å². The van der Waals surface area contributed by atoms with Gasteiger partial charge in [-0.05, 0) is 62.2 Å². The van der Waals surface area contributed by atoms with Crippen LogP contribution in [0.3, 0.4) is 0 Å². The molecule has 0 unspecified atom stereocenters. The molecule has 2 aromatic carbocycles. The van der Waals surface area contributed by atoms with Crippen molar-refractivity contribution in [1.82, 2.24) is 15.5 Å². The van der Waals surface area contributed by atoms with Gasteiger partial charge in [0, 0.05) is 18.6 Å². The maximum Gasteiger partial charge on any atom is 0.314 e. The molecule has 0 radical (unpaired) electrons. The van der Waals surface area contributed by atoms with E-state index in [1.54, 1.807) is 0 Å². The summed E-state index contributed by atoms with van der Waals surface area (Å²) < 4.78 is 0. The summed E-state index contributed by atoms with van der Waals surface area (Å²) in [5.74, 6) is 0. The number of nitrogens with one attached hydrogen (secondary N) is 2. The van der Waals surface area contributed by atoms with E-state index in [0.29, 0.717) is 6.54 Å². The van der Waals surface area contributed by atoms with E-state index in [-0.39, 0.29) is 18.1 Å². The number of benzene rings is 2. The summed E-state index contributed by atoms with van der Waals surface area (Å²) in [6.07, 6.45) is 1.73. The molecule has 5 nitrogen and oxygen atoms in total. The standard InChI is InChI=1S/C21H29N3O2/c1-21(2,24-11-5-6-12-24)15-23-20(26)22-14-19(25)18-10-9-16-7-3-4-8-17(16)13-18/h3-4,7-10,13,19,25H,5-6,11-12,14-15H2,1-2H3,(H2,22,23,26)/t19-/m1/s1. The highest BCUT2D eigenvalue weighted by Crippen LogP contribution is 2.21. The largest absolute Gasteiger partial charge is 0.387 e. The van der Waals surface area contributed by atoms with E-state index < -0.39 is 6.10 Å². The Morgan fingerprint density at radius 3 is 2.54 bits per heavy atom. The number of nitrogens with zero attached hydrogens (tertiary/aromatic N) is 1. The van der Waals surface area contributed by atoms with E-state index in [1.807, 2.05) is 42.5 Å². The van der Waals surface area contributed by atoms with Gasteiger partial charge in [-0.3, -0.25) is 4.90 Å². The van der Waals surface area contributed by atoms with Crippen LogP contribution in [0.4, 0.5) is 4.79 Å². The van der Waals surface area contributed by atoms with Crippen molar-refractivity contribution >= 4 is 16.8 Å². The lowest BCUT2D eigenvalue weighted by atomic mass is 10.0. The van der Waals surface area contributed by atoms with Crippen LogP contribution in [0.15, 0.2) is 42.5 Å². The third kappa shape index (κ3) is 4.54. The molecule has 3 N–H and O–H groups in total. The number of aliphatic hydroxyl groups is 1. The second-order valence-corrected chi connectivity index (χ2v) is 7.69. The predicted octanol–water partition coefficient (Wildman–Crippen LogP) is 3.05. The highest BCUT2D eigenvalue weighted by molar-refractivity contribution is 5.83. The molecule has 5 heteroatoms. The van der Waals surface area contributed by atoms with E-state index in [1.165, 1.54) is 12.8 Å². The maximum absolute atomic E-state index is 12.1. The number of rotatable bonds is 6. The van der Waals surface area contributed by atoms with Crippen molar-refractivity contribution in [2.75, 3.05) is 26.2 Å². The fraction of sp³-hybridized carbons (Fsp3) is 0.476. The van der Waals surface area contributed by atoms with Gasteiger partial charge in [-0.2, -0.15) is 0 Å². The third-order valence-electron chi connectivity index (χ3n) is 5.26. The fourth-order valence-electron chi connectivity index (χ4n) is 3.52. The lowest BCUT2D eigenvalue weighted by molar-refractivity contribution is 0.149. The summed E-state index contributed by atoms with van der Waals surface area (Å²) in [6.45, 7) is 7.28. The van der Waals surface area contributed by atoms with Crippen LogP contribution in [0.1, 0.15) is 38.4 Å². The highest BCUT2D eigenvalue weighted by Gasteiger charge is 2.29. The molecule has 0 aromatic heterocycles. The first-order chi connectivity index (χ1) is 12.5. The van der Waals surface area contributed by atoms with E-state index in [2.05, 4.69) is 29.4 Å². The second kappa shape index (κ2) is 8.06. The first-order valence-corrected chi connectivity index (χ1v) is 9.39. The van der Waals surface area contributed by atoms with Crippen LogP contribution in [0.2, 0.25) is 0 Å². The summed E-state index contributed by atoms with van der Waals surface area (Å²) in [6, 6.07) is 13.7. The number of carbonyl (C=O) groups is 1. The van der Waals surface area contributed by atoms with Crippen molar-refractivity contribution in [2.24, 2.45) is 0 Å². The van der Waals surface area contributed by atoms with Crippen LogP contribution in [0.5, 0.6) is 0 Å². The van der Waals surface area contributed by atoms with E-state index in [0.717, 1.165) is 29.4 Å². The molecule has 1 fully saturated rings. The van der Waals surface area contributed by atoms with Crippen molar-refractivity contribution in [2.45, 2.75) is 38.3 Å². The zero-order chi connectivity index (χ0) is 18.6. The van der Waals surface area contributed by atoms with Crippen molar-refractivity contribution in [3.8, 4) is 0 Å². The van der Waals surface area contributed by atoms with Crippen LogP contribution in [-0.4, -0.2) is 47.8 Å². The summed E-state index contributed by atoms with van der Waals surface area (Å²) in [5.41, 5.74) is 0.756. The Morgan fingerprint density at radius 2 is 1.81 bits per heavy atom. The Labute approximate surface area is 155 Å². The van der Waals surface area contributed by atoms with E-state index in [9.17, 15) is 9.90 Å². The Kier molecular flexibility index (Phi) is 5.79. The zero-order valence-electron chi connectivity index (χ0n) is 15.7. The van der Waals surface area contributed by atoms with Crippen molar-refractivity contribution in [1.29, 1.82) is 0 Å². The molecule has 1 aliphatic heterocycles. The van der Waals surface area contributed by atoms with E-state index in [4.69, 9.17) is 0 Å². The first kappa shape index (κ1) is 18.7. The number of likely N-dealkylation sites (tertiary alicyclic amines) is 1. The molecular weight excluding hydrogens is 326 g/mol. The van der Waals surface area contributed by atoms with Gasteiger partial charge in [-0.25, -0.2) is 4.79 Å². The highest BCUT2D eigenvalue weighted by atomic mass is 16.3. The normalized spacial score (nSPS) is 16.6. The Bertz CT molecular complexity index is 754. The van der Waals surface area contributed by atoms with Crippen LogP contribution in [0, 0.1) is 0 Å². The summed E-state index contributed by atoms with van der Waals surface area (Å²) in [7, 11) is 0. The average molecular weight is 355 g/mol. The van der Waals surface area contributed by atoms with E-state index >= 15 is 0 Å². The minimum absolute atomic E-state index is 0.0508. The van der Waals surface area contributed by atoms with Gasteiger partial charge in [0.15, 0.2) is 0 Å². The monoisotopic (exact) mass is 355 g/mol. The molecule has 0 spiro atoms. The minimum atomic E-state index is -0.725. The maximum atomic E-state index is 12.1. The molecule has 26 heavy (non-hydrogen) atoms. The lowest BCUT2D eigenvalue weighted by Gasteiger charge is -2.35. The van der Waals surface area contributed by atoms with Gasteiger partial charge in [0.25, 0.3) is 0 Å². The molecule has 0 aliphatic carbocycles. The number of amides is 2. The first-order valence-electron chi connectivity index (χ1n) is 9.39. The van der Waals surface area contributed by atoms with Crippen LogP contribution in [0.25, 0.3) is 10.8 Å². The quantitative estimate of drug-likeness (QED) is 0.746. The molecular formula is C21H29N3O2. The number of hydrogen-bond acceptors (Lipinski definition) is 3. The van der Waals surface area contributed by atoms with Crippen LogP contribution >= 0.6 is 0 Å². The van der Waals surface area contributed by atoms with Gasteiger partial charge < -0.3 is 15.7 Å². The van der Waals surface area contributed by atoms with Gasteiger partial charge in [-0.1, -0.05) is 36.4 Å². The average Bonchev–Trinajstić information content (AvgIpc) is 3.20. The van der Waals surface area contributed by atoms with Gasteiger partial charge in [0.05, 0.1) is 6.10 Å². The second-order valence-electron chi connectivity index (χ2n) is 7.69. The Hall–Kier alpha value is -2.11. The molecule has 2 amide bonds. The topological polar surface area (TPSA) is 64.6 Å². The molecule has 140 valence electrons. The number of aliphatic hydroxyl groups excluding tert-OH is 1. The predicted molar refractivity (Wildman–Crippen MR) is 105 cm³/mol. The number of fused-ring (bicyclic) bond motifs is 1. The summed E-state index contributed by atoms with van der Waals surface area (Å²) in [4.78, 5) is 14.5. The zero-order valence-corrected chi connectivity index (χ0v) is 15.7. The SMILES string of the molecule is CC(C)(CNC(=O)NC[C@@H](O)c1ccc2ccccc2c1)N1CCCC1. The third-order valence-corrected chi connectivity index (χ3v) is 5.26. The molecule has 1 saturated heterocycles. The lowest BCUT2D eigenvalue weighted by Crippen LogP contribution is -2.52. The minimum Gasteiger partial charge on any atom is -0.387 e. The molecule has 3 rings (SSSR count). The van der Waals surface area contributed by atoms with Gasteiger partial charge in [-0.15, -0.1) is 0 Å². The Morgan fingerprint density at radius 1 is 1.12 bits per heavy atom. The number of urea groups is 1. The number of hydrogen-bond donors (Lipinski definition) is 3.